The third kappa shape index (κ3) is 3.79. The van der Waals surface area contributed by atoms with Gasteiger partial charge in [-0.1, -0.05) is 24.3 Å². The van der Waals surface area contributed by atoms with Crippen molar-refractivity contribution in [3.05, 3.63) is 35.4 Å². The summed E-state index contributed by atoms with van der Waals surface area (Å²) < 4.78 is 0. The summed E-state index contributed by atoms with van der Waals surface area (Å²) in [5.74, 6) is 2.34. The number of nitrogens with one attached hydrogen (secondary N) is 1. The molecule has 0 spiro atoms. The summed E-state index contributed by atoms with van der Waals surface area (Å²) in [5, 5.41) is 3.40. The highest BCUT2D eigenvalue weighted by atomic mass is 15.2. The Bertz CT molecular complexity index is 569. The fraction of sp³-hybridized carbons (Fsp3) is 0.727. The van der Waals surface area contributed by atoms with Crippen molar-refractivity contribution >= 4 is 0 Å². The Morgan fingerprint density at radius 3 is 2.36 bits per heavy atom. The molecule has 3 aliphatic rings. The first kappa shape index (κ1) is 17.5. The van der Waals surface area contributed by atoms with E-state index in [1.165, 1.54) is 57.3 Å². The van der Waals surface area contributed by atoms with Gasteiger partial charge in [-0.15, -0.1) is 0 Å². The van der Waals surface area contributed by atoms with Crippen LogP contribution in [0.4, 0.5) is 0 Å². The summed E-state index contributed by atoms with van der Waals surface area (Å²) in [6.07, 6.45) is 6.83. The maximum absolute atomic E-state index is 3.40. The van der Waals surface area contributed by atoms with Crippen LogP contribution < -0.4 is 5.32 Å². The molecule has 0 amide bonds. The molecule has 2 aliphatic heterocycles. The van der Waals surface area contributed by atoms with Crippen molar-refractivity contribution in [2.24, 2.45) is 5.92 Å². The predicted molar refractivity (Wildman–Crippen MR) is 105 cm³/mol. The fourth-order valence-electron chi connectivity index (χ4n) is 5.45. The third-order valence-electron chi connectivity index (χ3n) is 7.09. The maximum atomic E-state index is 3.40. The second-order valence-electron chi connectivity index (χ2n) is 8.85. The van der Waals surface area contributed by atoms with E-state index < -0.39 is 0 Å². The van der Waals surface area contributed by atoms with Gasteiger partial charge in [0.25, 0.3) is 0 Å². The van der Waals surface area contributed by atoms with Crippen molar-refractivity contribution in [2.75, 3.05) is 40.8 Å². The van der Waals surface area contributed by atoms with Gasteiger partial charge in [0.2, 0.25) is 0 Å². The minimum atomic E-state index is 0.709. The Kier molecular flexibility index (Phi) is 5.17. The topological polar surface area (TPSA) is 18.5 Å². The molecular formula is C22H35N3. The van der Waals surface area contributed by atoms with Gasteiger partial charge in [-0.05, 0) is 82.8 Å². The van der Waals surface area contributed by atoms with E-state index in [0.717, 1.165) is 23.8 Å². The zero-order chi connectivity index (χ0) is 17.4. The SMILES string of the molecule is CNC1CC1c1ccc(C2CCC(C3CCCN(C)C3)N(C)C2)cc1. The Hall–Kier alpha value is -0.900. The van der Waals surface area contributed by atoms with E-state index >= 15 is 0 Å². The molecule has 0 aromatic heterocycles. The first-order valence-corrected chi connectivity index (χ1v) is 10.3. The molecule has 2 heterocycles. The van der Waals surface area contributed by atoms with E-state index in [-0.39, 0.29) is 0 Å². The molecule has 1 N–H and O–H groups in total. The van der Waals surface area contributed by atoms with Gasteiger partial charge in [0, 0.05) is 31.1 Å². The van der Waals surface area contributed by atoms with E-state index in [1.54, 1.807) is 5.56 Å². The Balaban J connectivity index is 1.35. The first-order chi connectivity index (χ1) is 12.2. The molecule has 5 atom stereocenters. The molecule has 0 radical (unpaired) electrons. The lowest BCUT2D eigenvalue weighted by atomic mass is 9.80. The standard InChI is InChI=1S/C22H35N3/c1-23-21-13-20(21)17-8-6-16(7-9-17)18-10-11-22(25(3)15-18)19-5-4-12-24(2)14-19/h6-9,18-23H,4-5,10-15H2,1-3H3. The van der Waals surface area contributed by atoms with Crippen LogP contribution in [0.1, 0.15) is 55.1 Å². The van der Waals surface area contributed by atoms with Crippen molar-refractivity contribution in [2.45, 2.75) is 56.0 Å². The predicted octanol–water partition coefficient (Wildman–Crippen LogP) is 3.28. The van der Waals surface area contributed by atoms with Crippen LogP contribution in [0, 0.1) is 5.92 Å². The van der Waals surface area contributed by atoms with Crippen molar-refractivity contribution in [1.29, 1.82) is 0 Å². The van der Waals surface area contributed by atoms with Crippen LogP contribution in [0.2, 0.25) is 0 Å². The molecule has 5 unspecified atom stereocenters. The molecule has 25 heavy (non-hydrogen) atoms. The van der Waals surface area contributed by atoms with E-state index in [9.17, 15) is 0 Å². The van der Waals surface area contributed by atoms with E-state index in [1.807, 2.05) is 0 Å². The number of hydrogen-bond acceptors (Lipinski definition) is 3. The molecule has 4 rings (SSSR count). The van der Waals surface area contributed by atoms with Crippen molar-refractivity contribution in [3.8, 4) is 0 Å². The lowest BCUT2D eigenvalue weighted by molar-refractivity contribution is 0.0716. The minimum absolute atomic E-state index is 0.709. The molecule has 138 valence electrons. The van der Waals surface area contributed by atoms with Crippen LogP contribution in [-0.2, 0) is 0 Å². The lowest BCUT2D eigenvalue weighted by Crippen LogP contribution is -2.48. The van der Waals surface area contributed by atoms with Crippen LogP contribution in [0.25, 0.3) is 0 Å². The third-order valence-corrected chi connectivity index (χ3v) is 7.09. The number of benzene rings is 1. The highest BCUT2D eigenvalue weighted by Gasteiger charge is 2.37. The molecule has 1 aromatic carbocycles. The van der Waals surface area contributed by atoms with Crippen molar-refractivity contribution < 1.29 is 0 Å². The highest BCUT2D eigenvalue weighted by Crippen LogP contribution is 2.41. The molecule has 2 saturated heterocycles. The number of hydrogen-bond donors (Lipinski definition) is 1. The fourth-order valence-corrected chi connectivity index (χ4v) is 5.45. The molecule has 3 nitrogen and oxygen atoms in total. The number of likely N-dealkylation sites (tertiary alicyclic amines) is 2. The summed E-state index contributed by atoms with van der Waals surface area (Å²) in [6, 6.07) is 11.1. The van der Waals surface area contributed by atoms with Gasteiger partial charge in [-0.25, -0.2) is 0 Å². The molecule has 3 heteroatoms. The monoisotopic (exact) mass is 341 g/mol. The summed E-state index contributed by atoms with van der Waals surface area (Å²) in [4.78, 5) is 5.20. The minimum Gasteiger partial charge on any atom is -0.316 e. The highest BCUT2D eigenvalue weighted by molar-refractivity contribution is 5.32. The van der Waals surface area contributed by atoms with Gasteiger partial charge in [0.15, 0.2) is 0 Å². The second-order valence-corrected chi connectivity index (χ2v) is 8.85. The summed E-state index contributed by atoms with van der Waals surface area (Å²) in [6.45, 7) is 3.81. The first-order valence-electron chi connectivity index (χ1n) is 10.3. The summed E-state index contributed by atoms with van der Waals surface area (Å²) >= 11 is 0. The Morgan fingerprint density at radius 2 is 1.72 bits per heavy atom. The zero-order valence-corrected chi connectivity index (χ0v) is 16.2. The van der Waals surface area contributed by atoms with Crippen LogP contribution in [0.3, 0.4) is 0 Å². The number of likely N-dealkylation sites (N-methyl/N-ethyl adjacent to an activating group) is 2. The molecule has 1 aliphatic carbocycles. The Labute approximate surface area is 153 Å². The number of rotatable bonds is 4. The quantitative estimate of drug-likeness (QED) is 0.907. The van der Waals surface area contributed by atoms with Crippen LogP contribution in [0.5, 0.6) is 0 Å². The molecule has 0 bridgehead atoms. The summed E-state index contributed by atoms with van der Waals surface area (Å²) in [7, 11) is 6.73. The van der Waals surface area contributed by atoms with Gasteiger partial charge >= 0.3 is 0 Å². The van der Waals surface area contributed by atoms with E-state index in [0.29, 0.717) is 6.04 Å². The molecule has 1 aromatic rings. The largest absolute Gasteiger partial charge is 0.316 e. The summed E-state index contributed by atoms with van der Waals surface area (Å²) in [5.41, 5.74) is 3.08. The zero-order valence-electron chi connectivity index (χ0n) is 16.2. The van der Waals surface area contributed by atoms with E-state index in [4.69, 9.17) is 0 Å². The van der Waals surface area contributed by atoms with Gasteiger partial charge < -0.3 is 15.1 Å². The van der Waals surface area contributed by atoms with Crippen molar-refractivity contribution in [1.82, 2.24) is 15.1 Å². The molecular weight excluding hydrogens is 306 g/mol. The van der Waals surface area contributed by atoms with Gasteiger partial charge in [-0.2, -0.15) is 0 Å². The van der Waals surface area contributed by atoms with E-state index in [2.05, 4.69) is 60.5 Å². The second kappa shape index (κ2) is 7.38. The smallest absolute Gasteiger partial charge is 0.0140 e. The van der Waals surface area contributed by atoms with Gasteiger partial charge in [0.05, 0.1) is 0 Å². The maximum Gasteiger partial charge on any atom is 0.0140 e. The number of piperidine rings is 2. The Morgan fingerprint density at radius 1 is 0.960 bits per heavy atom. The normalized spacial score (nSPS) is 37.2. The van der Waals surface area contributed by atoms with Gasteiger partial charge in [-0.3, -0.25) is 0 Å². The van der Waals surface area contributed by atoms with Crippen LogP contribution in [-0.4, -0.2) is 62.7 Å². The van der Waals surface area contributed by atoms with Gasteiger partial charge in [0.1, 0.15) is 0 Å². The van der Waals surface area contributed by atoms with Crippen molar-refractivity contribution in [3.63, 3.8) is 0 Å². The lowest BCUT2D eigenvalue weighted by Gasteiger charge is -2.44. The van der Waals surface area contributed by atoms with Crippen LogP contribution in [0.15, 0.2) is 24.3 Å². The molecule has 3 fully saturated rings. The number of nitrogens with zero attached hydrogens (tertiary/aromatic N) is 2. The average molecular weight is 342 g/mol. The average Bonchev–Trinajstić information content (AvgIpc) is 3.42. The molecule has 1 saturated carbocycles. The van der Waals surface area contributed by atoms with Crippen LogP contribution >= 0.6 is 0 Å².